The molecule has 0 N–H and O–H groups in total. The number of amides is 2. The van der Waals surface area contributed by atoms with Gasteiger partial charge in [-0.25, -0.2) is 0 Å². The maximum Gasteiger partial charge on any atom is 0.246 e. The molecule has 2 heterocycles. The molecule has 1 aromatic carbocycles. The van der Waals surface area contributed by atoms with E-state index in [0.29, 0.717) is 5.02 Å². The number of nitrogens with zero attached hydrogens (tertiary/aromatic N) is 2. The lowest BCUT2D eigenvalue weighted by Crippen LogP contribution is -2.57. The van der Waals surface area contributed by atoms with Crippen LogP contribution in [-0.2, 0) is 9.59 Å². The highest BCUT2D eigenvalue weighted by atomic mass is 35.5. The molecule has 0 bridgehead atoms. The monoisotopic (exact) mass is 292 g/mol. The van der Waals surface area contributed by atoms with Crippen LogP contribution in [0, 0.1) is 0 Å². The van der Waals surface area contributed by atoms with E-state index in [1.54, 1.807) is 9.80 Å². The predicted octanol–water partition coefficient (Wildman–Crippen LogP) is 2.23. The van der Waals surface area contributed by atoms with Gasteiger partial charge >= 0.3 is 0 Å². The van der Waals surface area contributed by atoms with Crippen molar-refractivity contribution in [2.75, 3.05) is 13.1 Å². The first-order valence-electron chi connectivity index (χ1n) is 6.93. The molecule has 0 radical (unpaired) electrons. The summed E-state index contributed by atoms with van der Waals surface area (Å²) in [5.74, 6) is 0.137. The van der Waals surface area contributed by atoms with Gasteiger partial charge in [-0.1, -0.05) is 23.7 Å². The largest absolute Gasteiger partial charge is 0.329 e. The minimum atomic E-state index is -0.244. The third-order valence-corrected chi connectivity index (χ3v) is 4.52. The number of fused-ring (bicyclic) bond motifs is 1. The number of benzene rings is 1. The van der Waals surface area contributed by atoms with Gasteiger partial charge in [0.15, 0.2) is 0 Å². The number of hydrogen-bond acceptors (Lipinski definition) is 2. The van der Waals surface area contributed by atoms with Gasteiger partial charge in [0, 0.05) is 11.6 Å². The molecule has 20 heavy (non-hydrogen) atoms. The van der Waals surface area contributed by atoms with Crippen LogP contribution >= 0.6 is 11.6 Å². The molecular formula is C15H17ClN2O2. The van der Waals surface area contributed by atoms with Crippen LogP contribution in [0.15, 0.2) is 24.3 Å². The van der Waals surface area contributed by atoms with E-state index in [1.165, 1.54) is 0 Å². The van der Waals surface area contributed by atoms with E-state index in [0.717, 1.165) is 24.9 Å². The standard InChI is InChI=1S/C15H17ClN2O2/c1-10(11-4-6-12(16)7-5-11)18-9-14(19)17-8-2-3-13(17)15(18)20/h4-7,10,13H,2-3,8-9H2,1H3. The lowest BCUT2D eigenvalue weighted by atomic mass is 10.0. The Morgan fingerprint density at radius 3 is 2.65 bits per heavy atom. The van der Waals surface area contributed by atoms with Crippen molar-refractivity contribution in [1.29, 1.82) is 0 Å². The Hall–Kier alpha value is -1.55. The quantitative estimate of drug-likeness (QED) is 0.839. The zero-order valence-corrected chi connectivity index (χ0v) is 12.1. The molecular weight excluding hydrogens is 276 g/mol. The zero-order chi connectivity index (χ0) is 14.3. The highest BCUT2D eigenvalue weighted by Crippen LogP contribution is 2.30. The van der Waals surface area contributed by atoms with Gasteiger partial charge in [0.1, 0.15) is 12.6 Å². The topological polar surface area (TPSA) is 40.6 Å². The Morgan fingerprint density at radius 2 is 1.95 bits per heavy atom. The highest BCUT2D eigenvalue weighted by Gasteiger charge is 2.43. The zero-order valence-electron chi connectivity index (χ0n) is 11.4. The van der Waals surface area contributed by atoms with Crippen LogP contribution in [0.2, 0.25) is 5.02 Å². The molecule has 4 nitrogen and oxygen atoms in total. The number of piperazine rings is 1. The number of hydrogen-bond donors (Lipinski definition) is 0. The molecule has 2 unspecified atom stereocenters. The van der Waals surface area contributed by atoms with Crippen molar-refractivity contribution in [2.24, 2.45) is 0 Å². The van der Waals surface area contributed by atoms with Crippen LogP contribution in [-0.4, -0.2) is 40.7 Å². The third kappa shape index (κ3) is 2.18. The Balaban J connectivity index is 1.84. The molecule has 1 aromatic rings. The lowest BCUT2D eigenvalue weighted by Gasteiger charge is -2.39. The summed E-state index contributed by atoms with van der Waals surface area (Å²) in [6.07, 6.45) is 1.71. The smallest absolute Gasteiger partial charge is 0.246 e. The van der Waals surface area contributed by atoms with Crippen LogP contribution in [0.5, 0.6) is 0 Å². The second kappa shape index (κ2) is 5.09. The Labute approximate surface area is 123 Å². The molecule has 2 aliphatic heterocycles. The molecule has 2 fully saturated rings. The van der Waals surface area contributed by atoms with Crippen LogP contribution in [0.3, 0.4) is 0 Å². The number of rotatable bonds is 2. The van der Waals surface area contributed by atoms with Crippen molar-refractivity contribution in [3.05, 3.63) is 34.9 Å². The van der Waals surface area contributed by atoms with E-state index < -0.39 is 0 Å². The summed E-state index contributed by atoms with van der Waals surface area (Å²) in [6, 6.07) is 7.09. The molecule has 2 atom stereocenters. The van der Waals surface area contributed by atoms with Gasteiger partial charge in [-0.05, 0) is 37.5 Å². The minimum Gasteiger partial charge on any atom is -0.329 e. The predicted molar refractivity (Wildman–Crippen MR) is 76.3 cm³/mol. The first kappa shape index (κ1) is 13.4. The number of carbonyl (C=O) groups is 2. The van der Waals surface area contributed by atoms with Crippen LogP contribution < -0.4 is 0 Å². The van der Waals surface area contributed by atoms with Gasteiger partial charge in [-0.3, -0.25) is 9.59 Å². The highest BCUT2D eigenvalue weighted by molar-refractivity contribution is 6.30. The van der Waals surface area contributed by atoms with Crippen molar-refractivity contribution in [3.8, 4) is 0 Å². The minimum absolute atomic E-state index is 0.0629. The Kier molecular flexibility index (Phi) is 3.42. The second-order valence-corrected chi connectivity index (χ2v) is 5.88. The normalized spacial score (nSPS) is 24.0. The maximum atomic E-state index is 12.5. The summed E-state index contributed by atoms with van der Waals surface area (Å²) < 4.78 is 0. The molecule has 2 amide bonds. The second-order valence-electron chi connectivity index (χ2n) is 5.44. The Bertz CT molecular complexity index is 543. The summed E-state index contributed by atoms with van der Waals surface area (Å²) in [4.78, 5) is 28.1. The summed E-state index contributed by atoms with van der Waals surface area (Å²) in [5.41, 5.74) is 1.00. The molecule has 106 valence electrons. The first-order valence-corrected chi connectivity index (χ1v) is 7.31. The molecule has 0 aliphatic carbocycles. The Morgan fingerprint density at radius 1 is 1.25 bits per heavy atom. The van der Waals surface area contributed by atoms with Gasteiger partial charge < -0.3 is 9.80 Å². The lowest BCUT2D eigenvalue weighted by molar-refractivity contribution is -0.155. The summed E-state index contributed by atoms with van der Waals surface area (Å²) in [6.45, 7) is 2.86. The van der Waals surface area contributed by atoms with E-state index in [4.69, 9.17) is 11.6 Å². The average molecular weight is 293 g/mol. The fourth-order valence-corrected chi connectivity index (χ4v) is 3.20. The van der Waals surface area contributed by atoms with Crippen molar-refractivity contribution in [2.45, 2.75) is 31.8 Å². The fourth-order valence-electron chi connectivity index (χ4n) is 3.08. The van der Waals surface area contributed by atoms with Gasteiger partial charge in [-0.15, -0.1) is 0 Å². The van der Waals surface area contributed by atoms with E-state index in [9.17, 15) is 9.59 Å². The van der Waals surface area contributed by atoms with Crippen LogP contribution in [0.1, 0.15) is 31.4 Å². The average Bonchev–Trinajstić information content (AvgIpc) is 2.93. The molecule has 0 aromatic heterocycles. The van der Waals surface area contributed by atoms with E-state index in [-0.39, 0.29) is 30.4 Å². The summed E-state index contributed by atoms with van der Waals surface area (Å²) in [5, 5.41) is 0.670. The van der Waals surface area contributed by atoms with Crippen LogP contribution in [0.4, 0.5) is 0 Å². The van der Waals surface area contributed by atoms with Crippen molar-refractivity contribution in [1.82, 2.24) is 9.80 Å². The van der Waals surface area contributed by atoms with E-state index in [1.807, 2.05) is 31.2 Å². The summed E-state index contributed by atoms with van der Waals surface area (Å²) in [7, 11) is 0. The van der Waals surface area contributed by atoms with Gasteiger partial charge in [0.05, 0.1) is 6.04 Å². The van der Waals surface area contributed by atoms with Crippen LogP contribution in [0.25, 0.3) is 0 Å². The van der Waals surface area contributed by atoms with Gasteiger partial charge in [0.2, 0.25) is 11.8 Å². The van der Waals surface area contributed by atoms with E-state index >= 15 is 0 Å². The number of carbonyl (C=O) groups excluding carboxylic acids is 2. The fraction of sp³-hybridized carbons (Fsp3) is 0.467. The molecule has 0 spiro atoms. The summed E-state index contributed by atoms with van der Waals surface area (Å²) >= 11 is 5.89. The molecule has 3 rings (SSSR count). The molecule has 2 aliphatic rings. The first-order chi connectivity index (χ1) is 9.58. The maximum absolute atomic E-state index is 12.5. The number of halogens is 1. The van der Waals surface area contributed by atoms with Gasteiger partial charge in [-0.2, -0.15) is 0 Å². The van der Waals surface area contributed by atoms with Gasteiger partial charge in [0.25, 0.3) is 0 Å². The molecule has 2 saturated heterocycles. The van der Waals surface area contributed by atoms with E-state index in [2.05, 4.69) is 0 Å². The van der Waals surface area contributed by atoms with Crippen molar-refractivity contribution < 1.29 is 9.59 Å². The molecule has 0 saturated carbocycles. The van der Waals surface area contributed by atoms with Crippen molar-refractivity contribution >= 4 is 23.4 Å². The SMILES string of the molecule is CC(c1ccc(Cl)cc1)N1CC(=O)N2CCCC2C1=O. The molecule has 5 heteroatoms. The van der Waals surface area contributed by atoms with Crippen molar-refractivity contribution in [3.63, 3.8) is 0 Å². The third-order valence-electron chi connectivity index (χ3n) is 4.27.